The second-order valence-electron chi connectivity index (χ2n) is 4.02. The van der Waals surface area contributed by atoms with Gasteiger partial charge in [0.15, 0.2) is 0 Å². The number of hydrogen-bond acceptors (Lipinski definition) is 5. The van der Waals surface area contributed by atoms with Gasteiger partial charge in [-0.25, -0.2) is 0 Å². The zero-order chi connectivity index (χ0) is 11.7. The molecule has 0 aliphatic carbocycles. The summed E-state index contributed by atoms with van der Waals surface area (Å²) in [7, 11) is 0. The Bertz CT molecular complexity index is 576. The summed E-state index contributed by atoms with van der Waals surface area (Å²) in [5.41, 5.74) is 3.34. The summed E-state index contributed by atoms with van der Waals surface area (Å²) in [4.78, 5) is 10.7. The van der Waals surface area contributed by atoms with E-state index in [2.05, 4.69) is 33.7 Å². The summed E-state index contributed by atoms with van der Waals surface area (Å²) in [6.45, 7) is 0. The van der Waals surface area contributed by atoms with Crippen molar-refractivity contribution in [1.29, 1.82) is 0 Å². The van der Waals surface area contributed by atoms with Crippen molar-refractivity contribution in [3.63, 3.8) is 0 Å². The molecule has 1 aromatic heterocycles. The molecule has 1 aliphatic rings. The topological polar surface area (TPSA) is 54.9 Å². The monoisotopic (exact) mass is 245 g/mol. The van der Waals surface area contributed by atoms with Gasteiger partial charge >= 0.3 is 4.87 Å². The Hall–Kier alpha value is -1.75. The zero-order valence-electron chi connectivity index (χ0n) is 9.09. The number of aromatic nitrogens is 2. The first-order valence-electron chi connectivity index (χ1n) is 5.50. The molecular formula is C12H11N3OS. The number of anilines is 1. The van der Waals surface area contributed by atoms with Gasteiger partial charge in [0, 0.05) is 11.1 Å². The van der Waals surface area contributed by atoms with E-state index in [9.17, 15) is 4.79 Å². The minimum Gasteiger partial charge on any atom is -0.376 e. The molecular weight excluding hydrogens is 234 g/mol. The predicted molar refractivity (Wildman–Crippen MR) is 67.3 cm³/mol. The first-order valence-corrected chi connectivity index (χ1v) is 6.38. The van der Waals surface area contributed by atoms with E-state index in [-0.39, 0.29) is 10.9 Å². The van der Waals surface area contributed by atoms with Gasteiger partial charge in [0.2, 0.25) is 0 Å². The minimum absolute atomic E-state index is 0.161. The van der Waals surface area contributed by atoms with Gasteiger partial charge in [-0.2, -0.15) is 0 Å². The highest BCUT2D eigenvalue weighted by atomic mass is 32.1. The number of fused-ring (bicyclic) bond motifs is 1. The third kappa shape index (κ3) is 2.06. The summed E-state index contributed by atoms with van der Waals surface area (Å²) in [6, 6.07) is 8.43. The van der Waals surface area contributed by atoms with Crippen molar-refractivity contribution in [3.05, 3.63) is 50.6 Å². The second kappa shape index (κ2) is 4.25. The number of nitrogens with one attached hydrogen (secondary N) is 1. The van der Waals surface area contributed by atoms with Crippen LogP contribution >= 0.6 is 11.3 Å². The molecule has 1 aliphatic heterocycles. The normalized spacial score (nSPS) is 18.2. The molecule has 2 heterocycles. The van der Waals surface area contributed by atoms with Gasteiger partial charge < -0.3 is 5.32 Å². The van der Waals surface area contributed by atoms with Crippen molar-refractivity contribution >= 4 is 17.0 Å². The average molecular weight is 245 g/mol. The van der Waals surface area contributed by atoms with E-state index >= 15 is 0 Å². The largest absolute Gasteiger partial charge is 0.376 e. The number of hydrogen-bond donors (Lipinski definition) is 1. The van der Waals surface area contributed by atoms with Crippen molar-refractivity contribution in [3.8, 4) is 0 Å². The molecule has 86 valence electrons. The van der Waals surface area contributed by atoms with Gasteiger partial charge in [-0.3, -0.25) is 4.79 Å². The lowest BCUT2D eigenvalue weighted by Gasteiger charge is -2.25. The highest BCUT2D eigenvalue weighted by Crippen LogP contribution is 2.31. The summed E-state index contributed by atoms with van der Waals surface area (Å²) >= 11 is 1.10. The number of nitrogens with zero attached hydrogens (tertiary/aromatic N) is 2. The molecule has 4 nitrogen and oxygen atoms in total. The Labute approximate surface area is 102 Å². The molecule has 0 spiro atoms. The summed E-state index contributed by atoms with van der Waals surface area (Å²) in [5.74, 6) is 0. The van der Waals surface area contributed by atoms with Crippen LogP contribution in [0.4, 0.5) is 5.69 Å². The fourth-order valence-corrected chi connectivity index (χ4v) is 2.59. The van der Waals surface area contributed by atoms with E-state index in [1.165, 1.54) is 5.56 Å². The van der Waals surface area contributed by atoms with Crippen LogP contribution in [0.5, 0.6) is 0 Å². The minimum atomic E-state index is -0.245. The maximum Gasteiger partial charge on any atom is 0.344 e. The molecule has 17 heavy (non-hydrogen) atoms. The molecule has 0 amide bonds. The van der Waals surface area contributed by atoms with Crippen LogP contribution in [-0.4, -0.2) is 10.2 Å². The fraction of sp³-hybridized carbons (Fsp3) is 0.250. The molecule has 5 heteroatoms. The van der Waals surface area contributed by atoms with Gasteiger partial charge in [0.1, 0.15) is 0 Å². The quantitative estimate of drug-likeness (QED) is 0.835. The molecule has 0 saturated carbocycles. The van der Waals surface area contributed by atoms with Gasteiger partial charge in [0.05, 0.1) is 11.7 Å². The van der Waals surface area contributed by atoms with Gasteiger partial charge in [0.25, 0.3) is 0 Å². The summed E-state index contributed by atoms with van der Waals surface area (Å²) in [6.07, 6.45) is 2.01. The van der Waals surface area contributed by atoms with Crippen molar-refractivity contribution in [2.24, 2.45) is 0 Å². The van der Waals surface area contributed by atoms with Crippen LogP contribution in [0.1, 0.15) is 23.7 Å². The molecule has 1 atom stereocenters. The average Bonchev–Trinajstić information content (AvgIpc) is 2.39. The highest BCUT2D eigenvalue weighted by Gasteiger charge is 2.20. The number of benzene rings is 1. The Kier molecular flexibility index (Phi) is 2.60. The van der Waals surface area contributed by atoms with E-state index in [0.717, 1.165) is 35.6 Å². The Morgan fingerprint density at radius 1 is 1.29 bits per heavy atom. The second-order valence-corrected chi connectivity index (χ2v) is 4.84. The summed E-state index contributed by atoms with van der Waals surface area (Å²) in [5, 5.41) is 12.8. The smallest absolute Gasteiger partial charge is 0.344 e. The maximum atomic E-state index is 10.9. The van der Waals surface area contributed by atoms with Crippen LogP contribution in [0.25, 0.3) is 0 Å². The lowest BCUT2D eigenvalue weighted by molar-refractivity contribution is 0.642. The molecule has 1 N–H and O–H groups in total. The van der Waals surface area contributed by atoms with Crippen molar-refractivity contribution in [2.45, 2.75) is 18.9 Å². The number of para-hydroxylation sites is 1. The Balaban J connectivity index is 1.89. The summed E-state index contributed by atoms with van der Waals surface area (Å²) < 4.78 is 0. The van der Waals surface area contributed by atoms with Crippen molar-refractivity contribution in [2.75, 3.05) is 5.32 Å². The zero-order valence-corrected chi connectivity index (χ0v) is 9.91. The van der Waals surface area contributed by atoms with Crippen LogP contribution < -0.4 is 10.2 Å². The van der Waals surface area contributed by atoms with Gasteiger partial charge in [-0.15, -0.1) is 5.10 Å². The molecule has 1 aromatic carbocycles. The Morgan fingerprint density at radius 3 is 3.00 bits per heavy atom. The first kappa shape index (κ1) is 10.4. The third-order valence-electron chi connectivity index (χ3n) is 2.93. The molecule has 0 saturated heterocycles. The molecule has 0 bridgehead atoms. The van der Waals surface area contributed by atoms with Crippen molar-refractivity contribution < 1.29 is 0 Å². The van der Waals surface area contributed by atoms with Crippen molar-refractivity contribution in [1.82, 2.24) is 10.2 Å². The van der Waals surface area contributed by atoms with Gasteiger partial charge in [-0.05, 0) is 24.5 Å². The maximum absolute atomic E-state index is 10.9. The van der Waals surface area contributed by atoms with E-state index in [1.807, 2.05) is 6.07 Å². The first-order chi connectivity index (χ1) is 8.33. The van der Waals surface area contributed by atoms with E-state index in [4.69, 9.17) is 0 Å². The van der Waals surface area contributed by atoms with Gasteiger partial charge in [-0.1, -0.05) is 34.6 Å². The lowest BCUT2D eigenvalue weighted by atomic mass is 9.97. The standard InChI is InChI=1S/C12H11N3OS/c16-12-15-14-11(7-17-12)10-6-5-8-3-1-2-4-9(8)13-10/h1-4,7,10,13H,5-6H2. The van der Waals surface area contributed by atoms with E-state index in [0.29, 0.717) is 0 Å². The molecule has 3 rings (SSSR count). The molecule has 1 unspecified atom stereocenters. The highest BCUT2D eigenvalue weighted by molar-refractivity contribution is 7.06. The predicted octanol–water partition coefficient (Wildman–Crippen LogP) is 2.00. The number of rotatable bonds is 1. The molecule has 2 aromatic rings. The molecule has 0 radical (unpaired) electrons. The van der Waals surface area contributed by atoms with Crippen LogP contribution in [-0.2, 0) is 6.42 Å². The fourth-order valence-electron chi connectivity index (χ4n) is 2.07. The van der Waals surface area contributed by atoms with Crippen LogP contribution in [0, 0.1) is 0 Å². The van der Waals surface area contributed by atoms with E-state index in [1.54, 1.807) is 5.38 Å². The number of aryl methyl sites for hydroxylation is 1. The lowest BCUT2D eigenvalue weighted by Crippen LogP contribution is -2.20. The van der Waals surface area contributed by atoms with Crippen LogP contribution in [0.3, 0.4) is 0 Å². The Morgan fingerprint density at radius 2 is 2.18 bits per heavy atom. The van der Waals surface area contributed by atoms with Crippen LogP contribution in [0.15, 0.2) is 34.4 Å². The third-order valence-corrected chi connectivity index (χ3v) is 3.58. The molecule has 0 fully saturated rings. The van der Waals surface area contributed by atoms with E-state index < -0.39 is 0 Å². The SMILES string of the molecule is O=c1nnc(C2CCc3ccccc3N2)cs1. The van der Waals surface area contributed by atoms with Crippen LogP contribution in [0.2, 0.25) is 0 Å².